The van der Waals surface area contributed by atoms with Crippen LogP contribution in [0.1, 0.15) is 43.6 Å². The highest BCUT2D eigenvalue weighted by Crippen LogP contribution is 2.34. The smallest absolute Gasteiger partial charge is 0.409 e. The van der Waals surface area contributed by atoms with Crippen molar-refractivity contribution in [2.45, 2.75) is 56.2 Å². The van der Waals surface area contributed by atoms with Gasteiger partial charge in [0.05, 0.1) is 25.9 Å². The van der Waals surface area contributed by atoms with E-state index in [1.807, 2.05) is 6.07 Å². The van der Waals surface area contributed by atoms with Crippen LogP contribution in [0.3, 0.4) is 0 Å². The molecule has 1 saturated heterocycles. The molecule has 162 valence electrons. The SMILES string of the molecule is COC(=O)N1CCC(NS(=O)(=O)CF)C1COC1CCC(c2ccccc2)CC1. The van der Waals surface area contributed by atoms with Gasteiger partial charge in [0.1, 0.15) is 0 Å². The number of hydrogen-bond acceptors (Lipinski definition) is 5. The summed E-state index contributed by atoms with van der Waals surface area (Å²) in [7, 11) is -2.74. The van der Waals surface area contributed by atoms with Gasteiger partial charge < -0.3 is 14.4 Å². The lowest BCUT2D eigenvalue weighted by Gasteiger charge is -2.32. The molecule has 2 fully saturated rings. The molecule has 1 aliphatic heterocycles. The summed E-state index contributed by atoms with van der Waals surface area (Å²) in [6, 6.07) is 7.83. The Morgan fingerprint density at radius 3 is 2.48 bits per heavy atom. The maximum Gasteiger partial charge on any atom is 0.409 e. The average molecular weight is 429 g/mol. The minimum absolute atomic E-state index is 0.0634. The zero-order valence-corrected chi connectivity index (χ0v) is 17.4. The largest absolute Gasteiger partial charge is 0.453 e. The van der Waals surface area contributed by atoms with Crippen molar-refractivity contribution in [3.8, 4) is 0 Å². The first-order chi connectivity index (χ1) is 13.9. The standard InChI is InChI=1S/C20H29FN2O5S/c1-27-20(24)23-12-11-18(22-29(25,26)14-21)19(23)13-28-17-9-7-16(8-10-17)15-5-3-2-4-6-15/h2-6,16-19,22H,7-14H2,1H3. The van der Waals surface area contributed by atoms with E-state index in [4.69, 9.17) is 9.47 Å². The molecule has 2 unspecified atom stereocenters. The fourth-order valence-electron chi connectivity index (χ4n) is 4.33. The van der Waals surface area contributed by atoms with Crippen LogP contribution in [0.15, 0.2) is 30.3 Å². The Balaban J connectivity index is 1.56. The predicted molar refractivity (Wildman–Crippen MR) is 107 cm³/mol. The van der Waals surface area contributed by atoms with E-state index in [0.717, 1.165) is 25.7 Å². The van der Waals surface area contributed by atoms with E-state index in [9.17, 15) is 17.6 Å². The molecule has 1 saturated carbocycles. The number of hydrogen-bond donors (Lipinski definition) is 1. The van der Waals surface area contributed by atoms with Crippen LogP contribution in [-0.4, -0.2) is 63.9 Å². The van der Waals surface area contributed by atoms with Crippen LogP contribution in [0.25, 0.3) is 0 Å². The molecule has 0 spiro atoms. The topological polar surface area (TPSA) is 84.9 Å². The Morgan fingerprint density at radius 1 is 1.17 bits per heavy atom. The minimum Gasteiger partial charge on any atom is -0.453 e. The van der Waals surface area contributed by atoms with Gasteiger partial charge in [0.2, 0.25) is 16.0 Å². The maximum atomic E-state index is 12.7. The third-order valence-corrected chi connectivity index (χ3v) is 6.83. The number of methoxy groups -OCH3 is 1. The van der Waals surface area contributed by atoms with Gasteiger partial charge in [0.25, 0.3) is 0 Å². The first-order valence-corrected chi connectivity index (χ1v) is 11.7. The summed E-state index contributed by atoms with van der Waals surface area (Å²) in [5.74, 6) is 0.526. The van der Waals surface area contributed by atoms with Gasteiger partial charge in [-0.1, -0.05) is 30.3 Å². The number of benzene rings is 1. The van der Waals surface area contributed by atoms with Crippen molar-refractivity contribution in [1.82, 2.24) is 9.62 Å². The lowest BCUT2D eigenvalue weighted by atomic mass is 9.83. The summed E-state index contributed by atoms with van der Waals surface area (Å²) in [5.41, 5.74) is 1.35. The second kappa shape index (κ2) is 9.86. The molecule has 0 bridgehead atoms. The van der Waals surface area contributed by atoms with E-state index in [-0.39, 0.29) is 12.7 Å². The van der Waals surface area contributed by atoms with Gasteiger partial charge in [0, 0.05) is 12.6 Å². The molecular weight excluding hydrogens is 399 g/mol. The van der Waals surface area contributed by atoms with Crippen LogP contribution in [0.5, 0.6) is 0 Å². The van der Waals surface area contributed by atoms with Gasteiger partial charge in [-0.25, -0.2) is 22.3 Å². The minimum atomic E-state index is -4.02. The number of amides is 1. The highest BCUT2D eigenvalue weighted by molar-refractivity contribution is 7.89. The second-order valence-electron chi connectivity index (χ2n) is 7.69. The number of alkyl halides is 1. The Morgan fingerprint density at radius 2 is 1.86 bits per heavy atom. The summed E-state index contributed by atoms with van der Waals surface area (Å²) in [4.78, 5) is 13.5. The van der Waals surface area contributed by atoms with Crippen molar-refractivity contribution in [2.24, 2.45) is 0 Å². The predicted octanol–water partition coefficient (Wildman–Crippen LogP) is 2.79. The van der Waals surface area contributed by atoms with Crippen LogP contribution < -0.4 is 4.72 Å². The van der Waals surface area contributed by atoms with Gasteiger partial charge in [0.15, 0.2) is 0 Å². The number of likely N-dealkylation sites (tertiary alicyclic amines) is 1. The quantitative estimate of drug-likeness (QED) is 0.722. The fourth-order valence-corrected chi connectivity index (χ4v) is 5.13. The molecule has 1 heterocycles. The van der Waals surface area contributed by atoms with E-state index < -0.39 is 34.2 Å². The Hall–Kier alpha value is -1.71. The van der Waals surface area contributed by atoms with E-state index in [1.54, 1.807) is 0 Å². The van der Waals surface area contributed by atoms with Gasteiger partial charge in [-0.3, -0.25) is 0 Å². The third kappa shape index (κ3) is 5.67. The number of nitrogens with zero attached hydrogens (tertiary/aromatic N) is 1. The van der Waals surface area contributed by atoms with Crippen LogP contribution in [0.2, 0.25) is 0 Å². The lowest BCUT2D eigenvalue weighted by Crippen LogP contribution is -2.49. The molecule has 9 heteroatoms. The lowest BCUT2D eigenvalue weighted by molar-refractivity contribution is -0.00536. The highest BCUT2D eigenvalue weighted by atomic mass is 32.2. The number of ether oxygens (including phenoxy) is 2. The number of rotatable bonds is 7. The first-order valence-electron chi connectivity index (χ1n) is 10.0. The summed E-state index contributed by atoms with van der Waals surface area (Å²) in [6.45, 7) is 0.524. The van der Waals surface area contributed by atoms with Crippen molar-refractivity contribution in [3.63, 3.8) is 0 Å². The van der Waals surface area contributed by atoms with Crippen molar-refractivity contribution in [1.29, 1.82) is 0 Å². The molecule has 2 atom stereocenters. The molecule has 1 aromatic carbocycles. The number of nitrogens with one attached hydrogen (secondary N) is 1. The molecular formula is C20H29FN2O5S. The molecule has 0 aromatic heterocycles. The zero-order valence-electron chi connectivity index (χ0n) is 16.6. The Labute approximate surface area is 171 Å². The van der Waals surface area contributed by atoms with E-state index >= 15 is 0 Å². The summed E-state index contributed by atoms with van der Waals surface area (Å²) in [5, 5.41) is 0. The van der Waals surface area contributed by atoms with Gasteiger partial charge >= 0.3 is 6.09 Å². The van der Waals surface area contributed by atoms with Crippen molar-refractivity contribution < 1.29 is 27.1 Å². The molecule has 2 aliphatic rings. The van der Waals surface area contributed by atoms with Crippen LogP contribution in [-0.2, 0) is 19.5 Å². The fraction of sp³-hybridized carbons (Fsp3) is 0.650. The van der Waals surface area contributed by atoms with Crippen LogP contribution in [0, 0.1) is 0 Å². The normalized spacial score (nSPS) is 27.7. The maximum absolute atomic E-state index is 12.7. The van der Waals surface area contributed by atoms with E-state index in [0.29, 0.717) is 18.9 Å². The Bertz CT molecular complexity index is 768. The monoisotopic (exact) mass is 428 g/mol. The van der Waals surface area contributed by atoms with E-state index in [1.165, 1.54) is 17.6 Å². The van der Waals surface area contributed by atoms with Crippen LogP contribution >= 0.6 is 0 Å². The third-order valence-electron chi connectivity index (χ3n) is 5.88. The number of sulfonamides is 1. The van der Waals surface area contributed by atoms with Crippen molar-refractivity contribution >= 4 is 16.1 Å². The number of carbonyl (C=O) groups is 1. The Kier molecular flexibility index (Phi) is 7.48. The van der Waals surface area contributed by atoms with Crippen molar-refractivity contribution in [2.75, 3.05) is 26.3 Å². The molecule has 1 aromatic rings. The van der Waals surface area contributed by atoms with Gasteiger partial charge in [-0.2, -0.15) is 0 Å². The van der Waals surface area contributed by atoms with E-state index in [2.05, 4.69) is 29.0 Å². The molecule has 0 radical (unpaired) electrons. The van der Waals surface area contributed by atoms with Gasteiger partial charge in [-0.15, -0.1) is 0 Å². The van der Waals surface area contributed by atoms with Gasteiger partial charge in [-0.05, 0) is 43.6 Å². The number of halogens is 1. The second-order valence-corrected chi connectivity index (χ2v) is 9.37. The number of carbonyl (C=O) groups excluding carboxylic acids is 1. The average Bonchev–Trinajstić information content (AvgIpc) is 3.14. The molecule has 1 amide bonds. The molecule has 29 heavy (non-hydrogen) atoms. The van der Waals surface area contributed by atoms with Crippen molar-refractivity contribution in [3.05, 3.63) is 35.9 Å². The summed E-state index contributed by atoms with van der Waals surface area (Å²) in [6.07, 6.45) is 3.79. The summed E-state index contributed by atoms with van der Waals surface area (Å²) < 4.78 is 49.3. The molecule has 1 N–H and O–H groups in total. The zero-order chi connectivity index (χ0) is 20.9. The molecule has 3 rings (SSSR count). The van der Waals surface area contributed by atoms with Crippen LogP contribution in [0.4, 0.5) is 9.18 Å². The molecule has 1 aliphatic carbocycles. The molecule has 7 nitrogen and oxygen atoms in total. The highest BCUT2D eigenvalue weighted by Gasteiger charge is 2.40. The first kappa shape index (κ1) is 22.0. The summed E-state index contributed by atoms with van der Waals surface area (Å²) >= 11 is 0.